The van der Waals surface area contributed by atoms with Crippen molar-refractivity contribution in [3.63, 3.8) is 0 Å². The van der Waals surface area contributed by atoms with Crippen molar-refractivity contribution in [1.29, 1.82) is 0 Å². The minimum atomic E-state index is 0.508. The zero-order valence-electron chi connectivity index (χ0n) is 9.12. The molecule has 0 radical (unpaired) electrons. The summed E-state index contributed by atoms with van der Waals surface area (Å²) in [6.07, 6.45) is 3.08. The molecule has 2 heteroatoms. The van der Waals surface area contributed by atoms with Crippen molar-refractivity contribution in [1.82, 2.24) is 0 Å². The average Bonchev–Trinajstić information content (AvgIpc) is 2.16. The van der Waals surface area contributed by atoms with Crippen molar-refractivity contribution in [3.05, 3.63) is 23.8 Å². The number of nitrogen functional groups attached to an aromatic ring is 1. The van der Waals surface area contributed by atoms with E-state index in [1.807, 2.05) is 31.3 Å². The Kier molecular flexibility index (Phi) is 3.69. The van der Waals surface area contributed by atoms with Gasteiger partial charge in [-0.1, -0.05) is 26.0 Å². The second-order valence-corrected chi connectivity index (χ2v) is 3.68. The van der Waals surface area contributed by atoms with Crippen LogP contribution >= 0.6 is 0 Å². The lowest BCUT2D eigenvalue weighted by Gasteiger charge is -2.04. The number of nitrogens with zero attached hydrogens (tertiary/aromatic N) is 1. The van der Waals surface area contributed by atoms with Gasteiger partial charge in [-0.15, -0.1) is 0 Å². The van der Waals surface area contributed by atoms with E-state index >= 15 is 0 Å². The summed E-state index contributed by atoms with van der Waals surface area (Å²) in [6.45, 7) is 6.33. The van der Waals surface area contributed by atoms with Gasteiger partial charge in [0.25, 0.3) is 0 Å². The Bertz CT molecular complexity index is 309. The van der Waals surface area contributed by atoms with Crippen LogP contribution in [-0.4, -0.2) is 6.21 Å². The van der Waals surface area contributed by atoms with Gasteiger partial charge in [0, 0.05) is 6.21 Å². The SMILES string of the molecule is CCC(C)C=Nc1c(C)cccc1N. The molecule has 0 aliphatic carbocycles. The Balaban J connectivity index is 2.91. The molecule has 0 heterocycles. The van der Waals surface area contributed by atoms with Crippen LogP contribution in [0.5, 0.6) is 0 Å². The van der Waals surface area contributed by atoms with Crippen molar-refractivity contribution < 1.29 is 0 Å². The summed E-state index contributed by atoms with van der Waals surface area (Å²) in [5.41, 5.74) is 8.63. The van der Waals surface area contributed by atoms with E-state index in [1.165, 1.54) is 0 Å². The predicted octanol–water partition coefficient (Wildman–Crippen LogP) is 3.33. The molecule has 76 valence electrons. The van der Waals surface area contributed by atoms with Crippen LogP contribution in [0.2, 0.25) is 0 Å². The normalized spacial score (nSPS) is 13.4. The Morgan fingerprint density at radius 1 is 1.50 bits per heavy atom. The number of benzene rings is 1. The third kappa shape index (κ3) is 2.59. The summed E-state index contributed by atoms with van der Waals surface area (Å²) in [4.78, 5) is 4.43. The molecule has 1 aromatic carbocycles. The molecule has 0 aliphatic rings. The summed E-state index contributed by atoms with van der Waals surface area (Å²) in [5, 5.41) is 0. The fourth-order valence-electron chi connectivity index (χ4n) is 1.17. The van der Waals surface area contributed by atoms with Crippen LogP contribution in [0.15, 0.2) is 23.2 Å². The molecule has 0 aromatic heterocycles. The number of para-hydroxylation sites is 1. The van der Waals surface area contributed by atoms with E-state index in [0.29, 0.717) is 5.92 Å². The molecule has 1 rings (SSSR count). The van der Waals surface area contributed by atoms with E-state index in [9.17, 15) is 0 Å². The van der Waals surface area contributed by atoms with Gasteiger partial charge in [0.15, 0.2) is 0 Å². The van der Waals surface area contributed by atoms with Crippen molar-refractivity contribution in [3.8, 4) is 0 Å². The van der Waals surface area contributed by atoms with Crippen LogP contribution in [0.4, 0.5) is 11.4 Å². The number of hydrogen-bond acceptors (Lipinski definition) is 2. The molecule has 2 N–H and O–H groups in total. The van der Waals surface area contributed by atoms with Gasteiger partial charge >= 0.3 is 0 Å². The first kappa shape index (κ1) is 10.8. The van der Waals surface area contributed by atoms with E-state index in [0.717, 1.165) is 23.4 Å². The lowest BCUT2D eigenvalue weighted by Crippen LogP contribution is -1.93. The van der Waals surface area contributed by atoms with E-state index < -0.39 is 0 Å². The fourth-order valence-corrected chi connectivity index (χ4v) is 1.17. The largest absolute Gasteiger partial charge is 0.397 e. The molecule has 14 heavy (non-hydrogen) atoms. The number of hydrogen-bond donors (Lipinski definition) is 1. The fraction of sp³-hybridized carbons (Fsp3) is 0.417. The summed E-state index contributed by atoms with van der Waals surface area (Å²) in [7, 11) is 0. The molecule has 1 unspecified atom stereocenters. The first-order chi connectivity index (χ1) is 6.65. The Morgan fingerprint density at radius 2 is 2.21 bits per heavy atom. The van der Waals surface area contributed by atoms with Crippen molar-refractivity contribution in [2.24, 2.45) is 10.9 Å². The monoisotopic (exact) mass is 190 g/mol. The Hall–Kier alpha value is -1.31. The van der Waals surface area contributed by atoms with Crippen LogP contribution in [0.25, 0.3) is 0 Å². The van der Waals surface area contributed by atoms with Crippen LogP contribution in [-0.2, 0) is 0 Å². The van der Waals surface area contributed by atoms with E-state index in [4.69, 9.17) is 5.73 Å². The number of nitrogens with two attached hydrogens (primary N) is 1. The first-order valence-electron chi connectivity index (χ1n) is 5.04. The van der Waals surface area contributed by atoms with Gasteiger partial charge in [0.1, 0.15) is 0 Å². The van der Waals surface area contributed by atoms with E-state index in [1.54, 1.807) is 0 Å². The Morgan fingerprint density at radius 3 is 2.79 bits per heavy atom. The van der Waals surface area contributed by atoms with E-state index in [2.05, 4.69) is 18.8 Å². The summed E-state index contributed by atoms with van der Waals surface area (Å²) >= 11 is 0. The summed E-state index contributed by atoms with van der Waals surface area (Å²) < 4.78 is 0. The van der Waals surface area contributed by atoms with Crippen LogP contribution < -0.4 is 5.73 Å². The summed E-state index contributed by atoms with van der Waals surface area (Å²) in [5.74, 6) is 0.508. The molecule has 2 nitrogen and oxygen atoms in total. The quantitative estimate of drug-likeness (QED) is 0.576. The molecule has 1 aromatic rings. The summed E-state index contributed by atoms with van der Waals surface area (Å²) in [6, 6.07) is 5.86. The maximum atomic E-state index is 5.84. The zero-order chi connectivity index (χ0) is 10.6. The molecule has 0 amide bonds. The minimum absolute atomic E-state index is 0.508. The molecule has 0 bridgehead atoms. The molecular formula is C12H18N2. The number of aliphatic imine (C=N–C) groups is 1. The van der Waals surface area contributed by atoms with Crippen molar-refractivity contribution in [2.75, 3.05) is 5.73 Å². The third-order valence-electron chi connectivity index (χ3n) is 2.37. The zero-order valence-corrected chi connectivity index (χ0v) is 9.12. The van der Waals surface area contributed by atoms with E-state index in [-0.39, 0.29) is 0 Å². The van der Waals surface area contributed by atoms with Crippen molar-refractivity contribution in [2.45, 2.75) is 27.2 Å². The van der Waals surface area contributed by atoms with Crippen LogP contribution in [0.3, 0.4) is 0 Å². The van der Waals surface area contributed by atoms with Gasteiger partial charge in [-0.2, -0.15) is 0 Å². The number of aryl methyl sites for hydroxylation is 1. The third-order valence-corrected chi connectivity index (χ3v) is 2.37. The van der Waals surface area contributed by atoms with Gasteiger partial charge in [-0.3, -0.25) is 4.99 Å². The minimum Gasteiger partial charge on any atom is -0.397 e. The highest BCUT2D eigenvalue weighted by Gasteiger charge is 2.00. The highest BCUT2D eigenvalue weighted by molar-refractivity contribution is 5.74. The average molecular weight is 190 g/mol. The second kappa shape index (κ2) is 4.80. The van der Waals surface area contributed by atoms with Crippen LogP contribution in [0.1, 0.15) is 25.8 Å². The van der Waals surface area contributed by atoms with Crippen molar-refractivity contribution >= 4 is 17.6 Å². The number of rotatable bonds is 3. The first-order valence-corrected chi connectivity index (χ1v) is 5.04. The molecular weight excluding hydrogens is 172 g/mol. The lowest BCUT2D eigenvalue weighted by molar-refractivity contribution is 0.755. The van der Waals surface area contributed by atoms with Gasteiger partial charge in [0.05, 0.1) is 11.4 Å². The lowest BCUT2D eigenvalue weighted by atomic mass is 10.1. The van der Waals surface area contributed by atoms with Gasteiger partial charge in [0.2, 0.25) is 0 Å². The smallest absolute Gasteiger partial charge is 0.0884 e. The Labute approximate surface area is 85.9 Å². The second-order valence-electron chi connectivity index (χ2n) is 3.68. The van der Waals surface area contributed by atoms with Gasteiger partial charge in [-0.05, 0) is 30.9 Å². The van der Waals surface area contributed by atoms with Gasteiger partial charge < -0.3 is 5.73 Å². The molecule has 1 atom stereocenters. The molecule has 0 fully saturated rings. The highest BCUT2D eigenvalue weighted by atomic mass is 14.8. The topological polar surface area (TPSA) is 38.4 Å². The predicted molar refractivity (Wildman–Crippen MR) is 63.2 cm³/mol. The number of anilines is 1. The standard InChI is InChI=1S/C12H18N2/c1-4-9(2)8-14-12-10(3)6-5-7-11(12)13/h5-9H,4,13H2,1-3H3. The highest BCUT2D eigenvalue weighted by Crippen LogP contribution is 2.25. The molecule has 0 saturated carbocycles. The molecule has 0 aliphatic heterocycles. The maximum absolute atomic E-state index is 5.84. The molecule has 0 saturated heterocycles. The van der Waals surface area contributed by atoms with Crippen LogP contribution in [0, 0.1) is 12.8 Å². The maximum Gasteiger partial charge on any atom is 0.0884 e. The van der Waals surface area contributed by atoms with Gasteiger partial charge in [-0.25, -0.2) is 0 Å². The molecule has 0 spiro atoms.